The Hall–Kier alpha value is -2.23. The number of aromatic nitrogens is 2. The molecule has 0 saturated carbocycles. The second-order valence-electron chi connectivity index (χ2n) is 6.13. The van der Waals surface area contributed by atoms with Gasteiger partial charge < -0.3 is 4.74 Å². The number of methoxy groups -OCH3 is 1. The molecule has 0 bridgehead atoms. The minimum atomic E-state index is -0.583. The number of benzene rings is 1. The van der Waals surface area contributed by atoms with Crippen LogP contribution in [0.25, 0.3) is 0 Å². The lowest BCUT2D eigenvalue weighted by Gasteiger charge is -2.33. The minimum Gasteiger partial charge on any atom is -0.497 e. The van der Waals surface area contributed by atoms with E-state index in [4.69, 9.17) is 4.74 Å². The molecule has 114 valence electrons. The van der Waals surface area contributed by atoms with Crippen LogP contribution in [0.5, 0.6) is 5.75 Å². The molecule has 0 aliphatic heterocycles. The van der Waals surface area contributed by atoms with Crippen LogP contribution >= 0.6 is 0 Å². The molecule has 0 saturated heterocycles. The Labute approximate surface area is 130 Å². The molecule has 1 aromatic carbocycles. The maximum atomic E-state index is 13.1. The van der Waals surface area contributed by atoms with Crippen molar-refractivity contribution in [1.82, 2.24) is 9.97 Å². The Kier molecular flexibility index (Phi) is 3.47. The number of carbonyl (C=O) groups is 1. The van der Waals surface area contributed by atoms with Gasteiger partial charge in [0.25, 0.3) is 0 Å². The maximum absolute atomic E-state index is 13.1. The number of nitrogens with zero attached hydrogens (tertiary/aromatic N) is 2. The number of hydrogen-bond acceptors (Lipinski definition) is 4. The van der Waals surface area contributed by atoms with Crippen molar-refractivity contribution in [1.29, 1.82) is 0 Å². The van der Waals surface area contributed by atoms with Crippen LogP contribution in [0.15, 0.2) is 24.3 Å². The Morgan fingerprint density at radius 3 is 2.64 bits per heavy atom. The average molecular weight is 296 g/mol. The molecule has 1 aliphatic carbocycles. The summed E-state index contributed by atoms with van der Waals surface area (Å²) < 4.78 is 5.25. The van der Waals surface area contributed by atoms with Crippen LogP contribution in [0.4, 0.5) is 0 Å². The van der Waals surface area contributed by atoms with Gasteiger partial charge in [-0.3, -0.25) is 4.79 Å². The number of aryl methyl sites for hydroxylation is 3. The highest BCUT2D eigenvalue weighted by Gasteiger charge is 2.41. The van der Waals surface area contributed by atoms with E-state index in [1.165, 1.54) is 0 Å². The molecule has 22 heavy (non-hydrogen) atoms. The summed E-state index contributed by atoms with van der Waals surface area (Å²) in [5.41, 5.74) is 2.98. The van der Waals surface area contributed by atoms with Crippen molar-refractivity contribution < 1.29 is 9.53 Å². The molecular formula is C18H20N2O2. The zero-order valence-corrected chi connectivity index (χ0v) is 13.4. The highest BCUT2D eigenvalue weighted by atomic mass is 16.5. The summed E-state index contributed by atoms with van der Waals surface area (Å²) >= 11 is 0. The number of rotatable bonds is 2. The van der Waals surface area contributed by atoms with E-state index >= 15 is 0 Å². The van der Waals surface area contributed by atoms with Gasteiger partial charge in [0.05, 0.1) is 18.2 Å². The second-order valence-corrected chi connectivity index (χ2v) is 6.13. The predicted molar refractivity (Wildman–Crippen MR) is 84.5 cm³/mol. The molecule has 3 rings (SSSR count). The van der Waals surface area contributed by atoms with Crippen molar-refractivity contribution in [2.24, 2.45) is 0 Å². The topological polar surface area (TPSA) is 52.1 Å². The first-order chi connectivity index (χ1) is 10.4. The first kappa shape index (κ1) is 14.7. The minimum absolute atomic E-state index is 0.133. The van der Waals surface area contributed by atoms with E-state index in [0.717, 1.165) is 41.1 Å². The first-order valence-corrected chi connectivity index (χ1v) is 7.48. The third-order valence-corrected chi connectivity index (χ3v) is 4.48. The summed E-state index contributed by atoms with van der Waals surface area (Å²) in [6, 6.07) is 7.61. The van der Waals surface area contributed by atoms with Crippen molar-refractivity contribution in [3.8, 4) is 5.75 Å². The van der Waals surface area contributed by atoms with Crippen molar-refractivity contribution in [2.45, 2.75) is 39.0 Å². The molecule has 4 nitrogen and oxygen atoms in total. The molecule has 0 spiro atoms. The Balaban J connectivity index is 2.07. The molecule has 0 fully saturated rings. The van der Waals surface area contributed by atoms with E-state index in [1.54, 1.807) is 7.11 Å². The molecule has 4 heteroatoms. The van der Waals surface area contributed by atoms with Crippen molar-refractivity contribution >= 4 is 5.78 Å². The summed E-state index contributed by atoms with van der Waals surface area (Å²) in [5, 5.41) is 0. The van der Waals surface area contributed by atoms with Crippen molar-refractivity contribution in [3.05, 3.63) is 52.6 Å². The first-order valence-electron chi connectivity index (χ1n) is 7.48. The maximum Gasteiger partial charge on any atom is 0.174 e. The van der Waals surface area contributed by atoms with Crippen LogP contribution in [-0.4, -0.2) is 22.9 Å². The highest BCUT2D eigenvalue weighted by Crippen LogP contribution is 2.38. The number of ketones is 1. The van der Waals surface area contributed by atoms with Crippen molar-refractivity contribution in [3.63, 3.8) is 0 Å². The largest absolute Gasteiger partial charge is 0.497 e. The van der Waals surface area contributed by atoms with Gasteiger partial charge in [-0.2, -0.15) is 0 Å². The molecule has 0 amide bonds. The van der Waals surface area contributed by atoms with Crippen LogP contribution in [0.1, 0.15) is 46.5 Å². The third kappa shape index (κ3) is 2.28. The summed E-state index contributed by atoms with van der Waals surface area (Å²) in [5.74, 6) is 1.64. The fraction of sp³-hybridized carbons (Fsp3) is 0.389. The lowest BCUT2D eigenvalue weighted by molar-refractivity contribution is 0.0871. The normalized spacial score (nSPS) is 20.6. The molecule has 1 aliphatic rings. The summed E-state index contributed by atoms with van der Waals surface area (Å²) in [4.78, 5) is 21.9. The van der Waals surface area contributed by atoms with E-state index in [-0.39, 0.29) is 5.78 Å². The van der Waals surface area contributed by atoms with Crippen LogP contribution in [-0.2, 0) is 11.8 Å². The van der Waals surface area contributed by atoms with Gasteiger partial charge >= 0.3 is 0 Å². The van der Waals surface area contributed by atoms with Crippen LogP contribution in [0, 0.1) is 13.8 Å². The quantitative estimate of drug-likeness (QED) is 0.854. The zero-order valence-electron chi connectivity index (χ0n) is 13.4. The molecule has 2 aromatic rings. The summed E-state index contributed by atoms with van der Waals surface area (Å²) in [6.45, 7) is 5.79. The highest BCUT2D eigenvalue weighted by molar-refractivity contribution is 6.05. The van der Waals surface area contributed by atoms with E-state index in [9.17, 15) is 4.79 Å². The standard InChI is InChI=1S/C18H20N2O2/c1-11-9-16(20-12(2)19-11)18(3)8-7-13-10-14(22-4)5-6-15(13)17(18)21/h5-6,9-10H,7-8H2,1-4H3. The smallest absolute Gasteiger partial charge is 0.174 e. The SMILES string of the molecule is COc1ccc2c(c1)CCC(C)(c1cc(C)nc(C)n1)C2=O. The molecule has 1 aromatic heterocycles. The lowest BCUT2D eigenvalue weighted by atomic mass is 9.69. The van der Waals surface area contributed by atoms with E-state index in [1.807, 2.05) is 45.0 Å². The predicted octanol–water partition coefficient (Wildman–Crippen LogP) is 3.19. The Morgan fingerprint density at radius 2 is 1.95 bits per heavy atom. The van der Waals surface area contributed by atoms with Crippen LogP contribution in [0.2, 0.25) is 0 Å². The van der Waals surface area contributed by atoms with E-state index in [0.29, 0.717) is 5.82 Å². The lowest BCUT2D eigenvalue weighted by Crippen LogP contribution is -2.38. The second kappa shape index (κ2) is 5.20. The number of ether oxygens (including phenoxy) is 1. The van der Waals surface area contributed by atoms with Gasteiger partial charge in [-0.25, -0.2) is 9.97 Å². The molecule has 0 radical (unpaired) electrons. The van der Waals surface area contributed by atoms with Gasteiger partial charge in [0.2, 0.25) is 0 Å². The molecule has 0 N–H and O–H groups in total. The van der Waals surface area contributed by atoms with Gasteiger partial charge in [-0.05, 0) is 63.4 Å². The number of fused-ring (bicyclic) bond motifs is 1. The fourth-order valence-electron chi connectivity index (χ4n) is 3.16. The molecule has 1 unspecified atom stereocenters. The average Bonchev–Trinajstić information content (AvgIpc) is 2.50. The molecule has 1 heterocycles. The van der Waals surface area contributed by atoms with Gasteiger partial charge in [0, 0.05) is 11.3 Å². The van der Waals surface area contributed by atoms with Gasteiger partial charge in [-0.1, -0.05) is 0 Å². The van der Waals surface area contributed by atoms with Crippen molar-refractivity contribution in [2.75, 3.05) is 7.11 Å². The number of Topliss-reactive ketones (excluding diaryl/α,β-unsaturated/α-hetero) is 1. The Bertz CT molecular complexity index is 734. The van der Waals surface area contributed by atoms with Gasteiger partial charge in [-0.15, -0.1) is 0 Å². The number of hydrogen-bond donors (Lipinski definition) is 0. The number of carbonyl (C=O) groups excluding carboxylic acids is 1. The zero-order chi connectivity index (χ0) is 15.9. The fourth-order valence-corrected chi connectivity index (χ4v) is 3.16. The Morgan fingerprint density at radius 1 is 1.18 bits per heavy atom. The van der Waals surface area contributed by atoms with Crippen LogP contribution < -0.4 is 4.74 Å². The van der Waals surface area contributed by atoms with E-state index < -0.39 is 5.41 Å². The van der Waals surface area contributed by atoms with E-state index in [2.05, 4.69) is 9.97 Å². The molecular weight excluding hydrogens is 276 g/mol. The third-order valence-electron chi connectivity index (χ3n) is 4.48. The summed E-state index contributed by atoms with van der Waals surface area (Å²) in [6.07, 6.45) is 1.60. The van der Waals surface area contributed by atoms with Gasteiger partial charge in [0.1, 0.15) is 11.6 Å². The van der Waals surface area contributed by atoms with Gasteiger partial charge in [0.15, 0.2) is 5.78 Å². The molecule has 1 atom stereocenters. The van der Waals surface area contributed by atoms with Crippen LogP contribution in [0.3, 0.4) is 0 Å². The monoisotopic (exact) mass is 296 g/mol. The summed E-state index contributed by atoms with van der Waals surface area (Å²) in [7, 11) is 1.64.